The van der Waals surface area contributed by atoms with Gasteiger partial charge < -0.3 is 5.21 Å². The van der Waals surface area contributed by atoms with Gasteiger partial charge in [-0.25, -0.2) is 0 Å². The van der Waals surface area contributed by atoms with E-state index in [1.807, 2.05) is 6.07 Å². The molecule has 2 aliphatic carbocycles. The molecule has 0 aromatic carbocycles. The molecule has 1 fully saturated rings. The van der Waals surface area contributed by atoms with Gasteiger partial charge in [0.1, 0.15) is 0 Å². The normalized spacial score (nSPS) is 30.2. The molecule has 0 saturated heterocycles. The molecular weight excluding hydrogens is 162 g/mol. The summed E-state index contributed by atoms with van der Waals surface area (Å²) >= 11 is 0. The Bertz CT molecular complexity index is 348. The lowest BCUT2D eigenvalue weighted by atomic mass is 9.97. The van der Waals surface area contributed by atoms with Gasteiger partial charge in [-0.1, -0.05) is 6.42 Å². The molecule has 0 spiro atoms. The van der Waals surface area contributed by atoms with E-state index in [9.17, 15) is 5.21 Å². The van der Waals surface area contributed by atoms with Crippen molar-refractivity contribution in [2.75, 3.05) is 0 Å². The van der Waals surface area contributed by atoms with Crippen LogP contribution in [0.3, 0.4) is 0 Å². The maximum absolute atomic E-state index is 11.5. The number of nitrogens with zero attached hydrogens (tertiary/aromatic N) is 1. The molecule has 0 aliphatic heterocycles. The Labute approximate surface area is 77.8 Å². The van der Waals surface area contributed by atoms with Crippen molar-refractivity contribution in [1.29, 1.82) is 0 Å². The minimum atomic E-state index is 0.705. The predicted molar refractivity (Wildman–Crippen MR) is 49.2 cm³/mol. The third kappa shape index (κ3) is 0.916. The van der Waals surface area contributed by atoms with Crippen molar-refractivity contribution >= 4 is 0 Å². The Kier molecular flexibility index (Phi) is 1.40. The Morgan fingerprint density at radius 1 is 1.38 bits per heavy atom. The van der Waals surface area contributed by atoms with E-state index in [0.29, 0.717) is 5.92 Å². The molecule has 0 radical (unpaired) electrons. The molecule has 0 bridgehead atoms. The molecule has 1 heterocycles. The lowest BCUT2D eigenvalue weighted by Gasteiger charge is -2.06. The molecule has 1 aromatic heterocycles. The summed E-state index contributed by atoms with van der Waals surface area (Å²) < 4.78 is 1.06. The number of aromatic nitrogens is 1. The molecular formula is C11H13NO. The first-order valence-corrected chi connectivity index (χ1v) is 5.07. The summed E-state index contributed by atoms with van der Waals surface area (Å²) in [5.41, 5.74) is 2.37. The molecule has 13 heavy (non-hydrogen) atoms. The van der Waals surface area contributed by atoms with Crippen molar-refractivity contribution in [3.8, 4) is 0 Å². The molecule has 0 N–H and O–H groups in total. The molecule has 2 aliphatic rings. The van der Waals surface area contributed by atoms with Gasteiger partial charge in [0.25, 0.3) is 0 Å². The van der Waals surface area contributed by atoms with E-state index in [4.69, 9.17) is 0 Å². The zero-order valence-corrected chi connectivity index (χ0v) is 7.57. The quantitative estimate of drug-likeness (QED) is 0.436. The van der Waals surface area contributed by atoms with Crippen molar-refractivity contribution in [3.05, 3.63) is 34.8 Å². The van der Waals surface area contributed by atoms with Crippen LogP contribution in [-0.4, -0.2) is 0 Å². The van der Waals surface area contributed by atoms with Gasteiger partial charge in [-0.15, -0.1) is 0 Å². The number of hydrogen-bond acceptors (Lipinski definition) is 1. The molecule has 2 atom stereocenters. The van der Waals surface area contributed by atoms with Gasteiger partial charge >= 0.3 is 0 Å². The van der Waals surface area contributed by atoms with Crippen LogP contribution in [0.2, 0.25) is 0 Å². The monoisotopic (exact) mass is 175 g/mol. The maximum Gasteiger partial charge on any atom is 0.196 e. The average molecular weight is 175 g/mol. The second kappa shape index (κ2) is 2.47. The summed E-state index contributed by atoms with van der Waals surface area (Å²) in [7, 11) is 0. The molecule has 1 aromatic rings. The number of fused-ring (bicyclic) bond motifs is 3. The molecule has 2 heteroatoms. The van der Waals surface area contributed by atoms with Crippen LogP contribution < -0.4 is 4.73 Å². The molecule has 0 amide bonds. The lowest BCUT2D eigenvalue weighted by molar-refractivity contribution is -0.613. The highest BCUT2D eigenvalue weighted by atomic mass is 16.5. The van der Waals surface area contributed by atoms with Gasteiger partial charge in [-0.3, -0.25) is 0 Å². The van der Waals surface area contributed by atoms with Crippen LogP contribution >= 0.6 is 0 Å². The number of hydrogen-bond donors (Lipinski definition) is 0. The Morgan fingerprint density at radius 3 is 3.23 bits per heavy atom. The second-order valence-corrected chi connectivity index (χ2v) is 4.24. The van der Waals surface area contributed by atoms with Gasteiger partial charge in [0.05, 0.1) is 0 Å². The highest BCUT2D eigenvalue weighted by Gasteiger charge is 2.39. The van der Waals surface area contributed by atoms with Gasteiger partial charge in [0.2, 0.25) is 0 Å². The van der Waals surface area contributed by atoms with Crippen LogP contribution in [0.15, 0.2) is 18.3 Å². The smallest absolute Gasteiger partial charge is 0.196 e. The van der Waals surface area contributed by atoms with Crippen LogP contribution in [0.5, 0.6) is 0 Å². The van der Waals surface area contributed by atoms with E-state index in [-0.39, 0.29) is 0 Å². The molecule has 1 saturated carbocycles. The summed E-state index contributed by atoms with van der Waals surface area (Å²) in [4.78, 5) is 0. The van der Waals surface area contributed by atoms with Gasteiger partial charge in [0, 0.05) is 18.1 Å². The SMILES string of the molecule is [O-][n+]1cccc2c1C[C@@H]1CCC[C@H]21. The Morgan fingerprint density at radius 2 is 2.31 bits per heavy atom. The highest BCUT2D eigenvalue weighted by molar-refractivity contribution is 5.29. The second-order valence-electron chi connectivity index (χ2n) is 4.24. The first-order valence-electron chi connectivity index (χ1n) is 5.07. The van der Waals surface area contributed by atoms with Crippen LogP contribution in [-0.2, 0) is 6.42 Å². The molecule has 0 unspecified atom stereocenters. The Hall–Kier alpha value is -1.05. The van der Waals surface area contributed by atoms with E-state index in [1.165, 1.54) is 24.8 Å². The summed E-state index contributed by atoms with van der Waals surface area (Å²) in [5, 5.41) is 11.5. The van der Waals surface area contributed by atoms with Crippen LogP contribution in [0.4, 0.5) is 0 Å². The highest BCUT2D eigenvalue weighted by Crippen LogP contribution is 2.46. The predicted octanol–water partition coefficient (Wildman–Crippen LogP) is 1.76. The first kappa shape index (κ1) is 7.36. The maximum atomic E-state index is 11.5. The topological polar surface area (TPSA) is 26.9 Å². The largest absolute Gasteiger partial charge is 0.618 e. The van der Waals surface area contributed by atoms with Crippen molar-refractivity contribution in [2.45, 2.75) is 31.6 Å². The van der Waals surface area contributed by atoms with E-state index in [0.717, 1.165) is 22.8 Å². The zero-order valence-electron chi connectivity index (χ0n) is 7.57. The van der Waals surface area contributed by atoms with Crippen LogP contribution in [0.1, 0.15) is 36.4 Å². The summed E-state index contributed by atoms with van der Waals surface area (Å²) in [6, 6.07) is 4.02. The summed E-state index contributed by atoms with van der Waals surface area (Å²) in [6.45, 7) is 0. The van der Waals surface area contributed by atoms with Gasteiger partial charge in [-0.2, -0.15) is 4.73 Å². The lowest BCUT2D eigenvalue weighted by Crippen LogP contribution is -2.31. The standard InChI is InChI=1S/C11H13NO/c13-12-6-2-5-10-9-4-1-3-8(9)7-11(10)12/h2,5-6,8-9H,1,3-4,7H2/t8-,9-/m0/s1. The third-order valence-electron chi connectivity index (χ3n) is 3.61. The van der Waals surface area contributed by atoms with Crippen molar-refractivity contribution in [2.24, 2.45) is 5.92 Å². The summed E-state index contributed by atoms with van der Waals surface area (Å²) in [5.74, 6) is 1.48. The third-order valence-corrected chi connectivity index (χ3v) is 3.61. The van der Waals surface area contributed by atoms with Crippen molar-refractivity contribution in [3.63, 3.8) is 0 Å². The molecule has 68 valence electrons. The van der Waals surface area contributed by atoms with E-state index in [1.54, 1.807) is 6.20 Å². The fourth-order valence-electron chi connectivity index (χ4n) is 3.02. The van der Waals surface area contributed by atoms with E-state index < -0.39 is 0 Å². The van der Waals surface area contributed by atoms with E-state index >= 15 is 0 Å². The van der Waals surface area contributed by atoms with Crippen LogP contribution in [0, 0.1) is 11.1 Å². The zero-order chi connectivity index (χ0) is 8.84. The minimum Gasteiger partial charge on any atom is -0.618 e. The number of rotatable bonds is 0. The van der Waals surface area contributed by atoms with Gasteiger partial charge in [-0.05, 0) is 30.7 Å². The molecule has 2 nitrogen and oxygen atoms in total. The molecule has 3 rings (SSSR count). The fourth-order valence-corrected chi connectivity index (χ4v) is 3.02. The van der Waals surface area contributed by atoms with Crippen LogP contribution in [0.25, 0.3) is 0 Å². The first-order chi connectivity index (χ1) is 6.36. The minimum absolute atomic E-state index is 0.705. The number of pyridine rings is 1. The average Bonchev–Trinajstić information content (AvgIpc) is 2.65. The fraction of sp³-hybridized carbons (Fsp3) is 0.545. The van der Waals surface area contributed by atoms with Gasteiger partial charge in [0.15, 0.2) is 11.9 Å². The Balaban J connectivity index is 2.12. The summed E-state index contributed by atoms with van der Waals surface area (Å²) in [6.07, 6.45) is 6.60. The van der Waals surface area contributed by atoms with E-state index in [2.05, 4.69) is 6.07 Å². The van der Waals surface area contributed by atoms with Crippen molar-refractivity contribution < 1.29 is 4.73 Å². The van der Waals surface area contributed by atoms with Crippen molar-refractivity contribution in [1.82, 2.24) is 0 Å².